The lowest BCUT2D eigenvalue weighted by Gasteiger charge is -2.30. The minimum atomic E-state index is -1.00. The molecule has 0 aromatic carbocycles. The summed E-state index contributed by atoms with van der Waals surface area (Å²) in [4.78, 5) is 51.3. The fourth-order valence-corrected chi connectivity index (χ4v) is 5.05. The van der Waals surface area contributed by atoms with Crippen LogP contribution in [-0.2, 0) is 28.6 Å². The molecule has 5 N–H and O–H groups in total. The van der Waals surface area contributed by atoms with Gasteiger partial charge in [0.2, 0.25) is 11.6 Å². The summed E-state index contributed by atoms with van der Waals surface area (Å²) in [5, 5.41) is 16.7. The van der Waals surface area contributed by atoms with Crippen molar-refractivity contribution in [3.8, 4) is 0 Å². The van der Waals surface area contributed by atoms with Gasteiger partial charge >= 0.3 is 6.09 Å². The summed E-state index contributed by atoms with van der Waals surface area (Å²) in [5.41, 5.74) is 6.38. The predicted octanol–water partition coefficient (Wildman–Crippen LogP) is 2.59. The normalized spacial score (nSPS) is 31.7. The maximum atomic E-state index is 13.5. The third kappa shape index (κ3) is 9.38. The maximum absolute atomic E-state index is 13.5. The molecule has 1 heterocycles. The topological polar surface area (TPSA) is 166 Å². The second-order valence-corrected chi connectivity index (χ2v) is 10.9. The SMILES string of the molecule is COC1/C=C/C=C(/C)C(=O)NC2=CC(=O)C(NCCCl)=C(CC(C)CC(OC)C(O)C(C)/C=C(\C)C1OC(N)=O)C2=O. The summed E-state index contributed by atoms with van der Waals surface area (Å²) in [6.07, 6.45) is 3.71. The lowest BCUT2D eigenvalue weighted by molar-refractivity contribution is -0.120. The average molecular weight is 608 g/mol. The van der Waals surface area contributed by atoms with E-state index in [4.69, 9.17) is 31.5 Å². The summed E-state index contributed by atoms with van der Waals surface area (Å²) < 4.78 is 16.5. The van der Waals surface area contributed by atoms with Crippen LogP contribution in [0.3, 0.4) is 0 Å². The number of carbonyl (C=O) groups is 4. The Hall–Kier alpha value is -3.25. The van der Waals surface area contributed by atoms with Gasteiger partial charge in [0, 0.05) is 49.8 Å². The van der Waals surface area contributed by atoms with E-state index in [0.717, 1.165) is 6.08 Å². The van der Waals surface area contributed by atoms with Gasteiger partial charge in [0.15, 0.2) is 6.10 Å². The van der Waals surface area contributed by atoms with Crippen molar-refractivity contribution in [3.63, 3.8) is 0 Å². The number of Topliss-reactive ketones (excluding diaryl/α,β-unsaturated/α-hetero) is 1. The molecule has 2 bridgehead atoms. The van der Waals surface area contributed by atoms with Crippen LogP contribution in [0.1, 0.15) is 40.5 Å². The van der Waals surface area contributed by atoms with Crippen LogP contribution in [0.4, 0.5) is 4.79 Å². The van der Waals surface area contributed by atoms with E-state index in [2.05, 4.69) is 10.6 Å². The number of aliphatic hydroxyl groups is 1. The van der Waals surface area contributed by atoms with Crippen LogP contribution in [0.5, 0.6) is 0 Å². The second-order valence-electron chi connectivity index (χ2n) is 10.5. The highest BCUT2D eigenvalue weighted by molar-refractivity contribution is 6.23. The second kappa shape index (κ2) is 16.4. The highest BCUT2D eigenvalue weighted by atomic mass is 35.5. The van der Waals surface area contributed by atoms with Gasteiger partial charge in [-0.05, 0) is 38.2 Å². The van der Waals surface area contributed by atoms with Crippen LogP contribution in [-0.4, -0.2) is 79.7 Å². The van der Waals surface area contributed by atoms with Crippen LogP contribution < -0.4 is 16.4 Å². The monoisotopic (exact) mass is 607 g/mol. The van der Waals surface area contributed by atoms with E-state index < -0.39 is 53.9 Å². The number of ether oxygens (including phenoxy) is 3. The first-order valence-corrected chi connectivity index (χ1v) is 14.3. The van der Waals surface area contributed by atoms with Gasteiger partial charge in [-0.2, -0.15) is 0 Å². The van der Waals surface area contributed by atoms with Crippen molar-refractivity contribution >= 4 is 35.2 Å². The Labute approximate surface area is 251 Å². The molecule has 0 spiro atoms. The minimum Gasteiger partial charge on any atom is -0.439 e. The number of allylic oxidation sites excluding steroid dienone is 4. The number of nitrogens with one attached hydrogen (secondary N) is 2. The Balaban J connectivity index is 2.61. The van der Waals surface area contributed by atoms with Gasteiger partial charge in [0.1, 0.15) is 6.10 Å². The number of nitrogens with two attached hydrogens (primary N) is 1. The zero-order valence-corrected chi connectivity index (χ0v) is 25.7. The molecule has 2 amide bonds. The molecule has 0 aromatic rings. The summed E-state index contributed by atoms with van der Waals surface area (Å²) in [6.45, 7) is 7.22. The lowest BCUT2D eigenvalue weighted by Crippen LogP contribution is -2.38. The van der Waals surface area contributed by atoms with Gasteiger partial charge in [-0.25, -0.2) is 4.79 Å². The molecule has 6 unspecified atom stereocenters. The molecule has 0 fully saturated rings. The van der Waals surface area contributed by atoms with Crippen LogP contribution in [0.25, 0.3) is 0 Å². The molecule has 0 saturated heterocycles. The molecular weight excluding hydrogens is 566 g/mol. The molecule has 1 aliphatic heterocycles. The molecule has 11 nitrogen and oxygen atoms in total. The van der Waals surface area contributed by atoms with Gasteiger partial charge in [0.25, 0.3) is 5.91 Å². The number of ketones is 2. The summed E-state index contributed by atoms with van der Waals surface area (Å²) >= 11 is 5.82. The van der Waals surface area contributed by atoms with Crippen molar-refractivity contribution in [2.24, 2.45) is 17.6 Å². The number of aliphatic hydroxyl groups excluding tert-OH is 1. The molecule has 42 heavy (non-hydrogen) atoms. The number of hydrogen-bond acceptors (Lipinski definition) is 9. The number of primary amides is 1. The molecule has 232 valence electrons. The highest BCUT2D eigenvalue weighted by Gasteiger charge is 2.33. The standard InChI is InChI=1S/C30H42ClN3O8/c1-16-12-20-25(33-11-10-31)22(35)15-21(27(20)37)34-29(38)17(2)8-7-9-23(40-5)28(42-30(32)39)19(4)14-18(3)26(36)24(13-16)41-6/h7-9,14-16,18,23-24,26,28,33,36H,10-13H2,1-6H3,(H2,32,39)(H,34,38)/b9-7+,17-8-,19-14+. The fraction of sp³-hybridized carbons (Fsp3) is 0.533. The number of carbonyl (C=O) groups excluding carboxylic acids is 4. The van der Waals surface area contributed by atoms with E-state index in [0.29, 0.717) is 12.0 Å². The predicted molar refractivity (Wildman–Crippen MR) is 158 cm³/mol. The van der Waals surface area contributed by atoms with E-state index in [9.17, 15) is 24.3 Å². The van der Waals surface area contributed by atoms with Crippen molar-refractivity contribution < 1.29 is 38.5 Å². The molecule has 0 aromatic heterocycles. The molecule has 1 aliphatic carbocycles. The Kier molecular flexibility index (Phi) is 13.6. The van der Waals surface area contributed by atoms with Crippen molar-refractivity contribution in [2.75, 3.05) is 26.6 Å². The van der Waals surface area contributed by atoms with Crippen molar-refractivity contribution in [3.05, 3.63) is 58.5 Å². The Morgan fingerprint density at radius 2 is 1.88 bits per heavy atom. The summed E-state index contributed by atoms with van der Waals surface area (Å²) in [5.74, 6) is -1.96. The summed E-state index contributed by atoms with van der Waals surface area (Å²) in [7, 11) is 2.91. The molecule has 0 radical (unpaired) electrons. The molecule has 2 rings (SSSR count). The third-order valence-corrected chi connectivity index (χ3v) is 7.38. The van der Waals surface area contributed by atoms with Gasteiger partial charge in [-0.1, -0.05) is 38.2 Å². The van der Waals surface area contributed by atoms with Crippen molar-refractivity contribution in [2.45, 2.75) is 65.0 Å². The maximum Gasteiger partial charge on any atom is 0.405 e. The zero-order chi connectivity index (χ0) is 31.6. The first-order chi connectivity index (χ1) is 19.8. The van der Waals surface area contributed by atoms with E-state index in [-0.39, 0.29) is 47.3 Å². The number of rotatable bonds is 6. The van der Waals surface area contributed by atoms with E-state index >= 15 is 0 Å². The molecular formula is C30H42ClN3O8. The number of amides is 2. The minimum absolute atomic E-state index is 0.138. The van der Waals surface area contributed by atoms with Crippen molar-refractivity contribution in [1.82, 2.24) is 10.6 Å². The fourth-order valence-electron chi connectivity index (χ4n) is 4.95. The van der Waals surface area contributed by atoms with E-state index in [1.165, 1.54) is 20.3 Å². The number of methoxy groups -OCH3 is 2. The average Bonchev–Trinajstić information content (AvgIpc) is 2.94. The van der Waals surface area contributed by atoms with Crippen LogP contribution >= 0.6 is 11.6 Å². The highest BCUT2D eigenvalue weighted by Crippen LogP contribution is 2.28. The molecule has 6 atom stereocenters. The quantitative estimate of drug-likeness (QED) is 0.202. The van der Waals surface area contributed by atoms with Crippen LogP contribution in [0.15, 0.2) is 58.5 Å². The molecule has 2 aliphatic rings. The number of fused-ring (bicyclic) bond motifs is 2. The number of hydrogen-bond donors (Lipinski definition) is 4. The third-order valence-electron chi connectivity index (χ3n) is 7.19. The smallest absolute Gasteiger partial charge is 0.405 e. The van der Waals surface area contributed by atoms with Crippen molar-refractivity contribution in [1.29, 1.82) is 0 Å². The zero-order valence-electron chi connectivity index (χ0n) is 24.9. The molecule has 0 saturated carbocycles. The molecule has 12 heteroatoms. The van der Waals surface area contributed by atoms with Gasteiger partial charge in [-0.3, -0.25) is 14.4 Å². The van der Waals surface area contributed by atoms with Crippen LogP contribution in [0, 0.1) is 11.8 Å². The van der Waals surface area contributed by atoms with Crippen LogP contribution in [0.2, 0.25) is 0 Å². The summed E-state index contributed by atoms with van der Waals surface area (Å²) in [6, 6.07) is 0. The Morgan fingerprint density at radius 1 is 1.19 bits per heavy atom. The number of halogens is 1. The van der Waals surface area contributed by atoms with E-state index in [1.54, 1.807) is 39.0 Å². The Bertz CT molecular complexity index is 1190. The first kappa shape index (κ1) is 34.9. The largest absolute Gasteiger partial charge is 0.439 e. The van der Waals surface area contributed by atoms with Gasteiger partial charge in [-0.15, -0.1) is 11.6 Å². The van der Waals surface area contributed by atoms with Gasteiger partial charge in [0.05, 0.1) is 23.6 Å². The van der Waals surface area contributed by atoms with Gasteiger partial charge < -0.3 is 35.7 Å². The Morgan fingerprint density at radius 3 is 2.48 bits per heavy atom. The number of alkyl halides is 1. The lowest BCUT2D eigenvalue weighted by atomic mass is 9.85. The first-order valence-electron chi connectivity index (χ1n) is 13.7. The van der Waals surface area contributed by atoms with E-state index in [1.807, 2.05) is 6.92 Å².